The van der Waals surface area contributed by atoms with Crippen molar-refractivity contribution in [2.45, 2.75) is 13.5 Å². The Morgan fingerprint density at radius 1 is 1.10 bits per heavy atom. The van der Waals surface area contributed by atoms with Gasteiger partial charge in [0.1, 0.15) is 16.7 Å². The van der Waals surface area contributed by atoms with Crippen LogP contribution < -0.4 is 15.8 Å². The predicted octanol–water partition coefficient (Wildman–Crippen LogP) is 2.99. The standard InChI is InChI=1S/C29H26F2N6O2/c1-18-28(38)35-27-24(31)21(14-20(25(27)34-18)9-8-19-6-4-3-5-7-19)17-36-10-12-37(13-11-36)22-15-23(30)26(33-16-22)29(39)32-2/h3-7,14-16H,10-13,17H2,1-2H3,(H,32,39)(H,35,38). The Morgan fingerprint density at radius 3 is 2.54 bits per heavy atom. The first kappa shape index (κ1) is 26.0. The Balaban J connectivity index is 1.38. The summed E-state index contributed by atoms with van der Waals surface area (Å²) in [5.41, 5.74) is 2.21. The number of pyridine rings is 1. The van der Waals surface area contributed by atoms with Gasteiger partial charge in [-0.15, -0.1) is 0 Å². The summed E-state index contributed by atoms with van der Waals surface area (Å²) in [5.74, 6) is 4.40. The van der Waals surface area contributed by atoms with Gasteiger partial charge in [-0.3, -0.25) is 14.5 Å². The lowest BCUT2D eigenvalue weighted by molar-refractivity contribution is 0.0953. The fourth-order valence-electron chi connectivity index (χ4n) is 4.52. The van der Waals surface area contributed by atoms with E-state index in [1.807, 2.05) is 35.2 Å². The van der Waals surface area contributed by atoms with Gasteiger partial charge in [-0.05, 0) is 25.1 Å². The molecule has 8 nitrogen and oxygen atoms in total. The van der Waals surface area contributed by atoms with E-state index < -0.39 is 23.1 Å². The molecule has 2 N–H and O–H groups in total. The van der Waals surface area contributed by atoms with E-state index in [9.17, 15) is 14.0 Å². The molecular formula is C29H26F2N6O2. The summed E-state index contributed by atoms with van der Waals surface area (Å²) in [6.07, 6.45) is 1.48. The highest BCUT2D eigenvalue weighted by Gasteiger charge is 2.22. The van der Waals surface area contributed by atoms with Crippen molar-refractivity contribution in [3.8, 4) is 11.8 Å². The van der Waals surface area contributed by atoms with Crippen molar-refractivity contribution in [1.29, 1.82) is 0 Å². The van der Waals surface area contributed by atoms with Gasteiger partial charge >= 0.3 is 0 Å². The summed E-state index contributed by atoms with van der Waals surface area (Å²) >= 11 is 0. The number of halogens is 2. The number of nitrogens with zero attached hydrogens (tertiary/aromatic N) is 4. The van der Waals surface area contributed by atoms with E-state index >= 15 is 4.39 Å². The second kappa shape index (κ2) is 11.0. The normalized spacial score (nSPS) is 13.7. The van der Waals surface area contributed by atoms with Crippen LogP contribution in [-0.4, -0.2) is 59.0 Å². The number of aromatic nitrogens is 3. The lowest BCUT2D eigenvalue weighted by Crippen LogP contribution is -2.46. The Morgan fingerprint density at radius 2 is 1.85 bits per heavy atom. The molecule has 5 rings (SSSR count). The predicted molar refractivity (Wildman–Crippen MR) is 145 cm³/mol. The molecule has 0 atom stereocenters. The highest BCUT2D eigenvalue weighted by atomic mass is 19.1. The number of carbonyl (C=O) groups excluding carboxylic acids is 1. The van der Waals surface area contributed by atoms with Crippen LogP contribution in [-0.2, 0) is 6.54 Å². The van der Waals surface area contributed by atoms with E-state index in [4.69, 9.17) is 0 Å². The maximum absolute atomic E-state index is 15.6. The topological polar surface area (TPSA) is 94.2 Å². The summed E-state index contributed by atoms with van der Waals surface area (Å²) in [6.45, 7) is 4.18. The summed E-state index contributed by atoms with van der Waals surface area (Å²) < 4.78 is 30.0. The van der Waals surface area contributed by atoms with Gasteiger partial charge in [0, 0.05) is 57.0 Å². The zero-order valence-corrected chi connectivity index (χ0v) is 21.5. The second-order valence-corrected chi connectivity index (χ2v) is 9.25. The van der Waals surface area contributed by atoms with Crippen molar-refractivity contribution in [3.63, 3.8) is 0 Å². The van der Waals surface area contributed by atoms with Crippen LogP contribution in [0, 0.1) is 30.4 Å². The Labute approximate surface area is 223 Å². The van der Waals surface area contributed by atoms with Crippen LogP contribution >= 0.6 is 0 Å². The number of rotatable bonds is 4. The van der Waals surface area contributed by atoms with Crippen molar-refractivity contribution in [2.75, 3.05) is 38.1 Å². The molecule has 3 heterocycles. The van der Waals surface area contributed by atoms with Crippen LogP contribution in [0.5, 0.6) is 0 Å². The first-order chi connectivity index (χ1) is 18.8. The number of hydrogen-bond acceptors (Lipinski definition) is 6. The van der Waals surface area contributed by atoms with E-state index in [0.717, 1.165) is 5.56 Å². The first-order valence-corrected chi connectivity index (χ1v) is 12.5. The molecule has 0 bridgehead atoms. The molecule has 4 aromatic rings. The molecule has 10 heteroatoms. The minimum Gasteiger partial charge on any atom is -0.368 e. The minimum atomic E-state index is -0.686. The number of hydrogen-bond donors (Lipinski definition) is 2. The number of piperazine rings is 1. The molecule has 1 aliphatic heterocycles. The number of amides is 1. The number of carbonyl (C=O) groups is 1. The van der Waals surface area contributed by atoms with Gasteiger partial charge in [0.05, 0.1) is 17.4 Å². The van der Waals surface area contributed by atoms with E-state index in [1.165, 1.54) is 19.3 Å². The largest absolute Gasteiger partial charge is 0.368 e. The van der Waals surface area contributed by atoms with Crippen LogP contribution in [0.3, 0.4) is 0 Å². The second-order valence-electron chi connectivity index (χ2n) is 9.25. The Hall–Kier alpha value is -4.62. The first-order valence-electron chi connectivity index (χ1n) is 12.5. The highest BCUT2D eigenvalue weighted by Crippen LogP contribution is 2.24. The van der Waals surface area contributed by atoms with E-state index in [2.05, 4.69) is 37.0 Å². The van der Waals surface area contributed by atoms with E-state index in [-0.39, 0.29) is 16.9 Å². The monoisotopic (exact) mass is 528 g/mol. The lowest BCUT2D eigenvalue weighted by Gasteiger charge is -2.36. The molecule has 0 unspecified atom stereocenters. The molecule has 1 fully saturated rings. The molecule has 1 aliphatic rings. The molecule has 39 heavy (non-hydrogen) atoms. The molecule has 2 aromatic carbocycles. The number of anilines is 1. The van der Waals surface area contributed by atoms with Gasteiger partial charge in [-0.2, -0.15) is 0 Å². The van der Waals surface area contributed by atoms with E-state index in [0.29, 0.717) is 55.1 Å². The molecule has 0 radical (unpaired) electrons. The summed E-state index contributed by atoms with van der Waals surface area (Å²) in [6, 6.07) is 12.4. The average molecular weight is 529 g/mol. The number of H-pyrrole nitrogens is 1. The number of nitrogens with one attached hydrogen (secondary N) is 2. The zero-order valence-electron chi connectivity index (χ0n) is 21.5. The number of benzene rings is 2. The fourth-order valence-corrected chi connectivity index (χ4v) is 4.52. The van der Waals surface area contributed by atoms with Gasteiger partial charge < -0.3 is 15.2 Å². The van der Waals surface area contributed by atoms with Crippen molar-refractivity contribution >= 4 is 22.6 Å². The van der Waals surface area contributed by atoms with Crippen molar-refractivity contribution in [1.82, 2.24) is 25.2 Å². The number of aryl methyl sites for hydroxylation is 1. The third kappa shape index (κ3) is 5.49. The zero-order chi connectivity index (χ0) is 27.5. The summed E-state index contributed by atoms with van der Waals surface area (Å²) in [7, 11) is 1.42. The molecule has 1 saturated heterocycles. The van der Waals surface area contributed by atoms with Crippen LogP contribution in [0.25, 0.3) is 11.0 Å². The number of fused-ring (bicyclic) bond motifs is 1. The molecule has 2 aromatic heterocycles. The third-order valence-corrected chi connectivity index (χ3v) is 6.67. The van der Waals surface area contributed by atoms with E-state index in [1.54, 1.807) is 13.0 Å². The molecule has 0 spiro atoms. The molecular weight excluding hydrogens is 502 g/mol. The highest BCUT2D eigenvalue weighted by molar-refractivity contribution is 5.92. The van der Waals surface area contributed by atoms with Gasteiger partial charge in [0.25, 0.3) is 11.5 Å². The quantitative estimate of drug-likeness (QED) is 0.396. The van der Waals surface area contributed by atoms with Gasteiger partial charge in [-0.25, -0.2) is 18.7 Å². The van der Waals surface area contributed by atoms with Gasteiger partial charge in [0.15, 0.2) is 17.3 Å². The molecule has 0 saturated carbocycles. The van der Waals surface area contributed by atoms with Gasteiger partial charge in [-0.1, -0.05) is 30.0 Å². The Bertz CT molecular complexity index is 1670. The van der Waals surface area contributed by atoms with Gasteiger partial charge in [0.2, 0.25) is 0 Å². The van der Waals surface area contributed by atoms with Crippen molar-refractivity contribution in [3.05, 3.63) is 98.7 Å². The van der Waals surface area contributed by atoms with Crippen LogP contribution in [0.1, 0.15) is 32.9 Å². The fraction of sp³-hybridized carbons (Fsp3) is 0.241. The molecule has 1 amide bonds. The summed E-state index contributed by atoms with van der Waals surface area (Å²) in [5, 5.41) is 2.37. The molecule has 0 aliphatic carbocycles. The van der Waals surface area contributed by atoms with Crippen LogP contribution in [0.15, 0.2) is 53.5 Å². The average Bonchev–Trinajstić information content (AvgIpc) is 2.95. The Kier molecular flexibility index (Phi) is 7.34. The molecule has 198 valence electrons. The third-order valence-electron chi connectivity index (χ3n) is 6.67. The van der Waals surface area contributed by atoms with Crippen LogP contribution in [0.4, 0.5) is 14.5 Å². The maximum atomic E-state index is 15.6. The number of aromatic amines is 1. The van der Waals surface area contributed by atoms with Crippen molar-refractivity contribution in [2.24, 2.45) is 0 Å². The summed E-state index contributed by atoms with van der Waals surface area (Å²) in [4.78, 5) is 39.0. The van der Waals surface area contributed by atoms with Crippen LogP contribution in [0.2, 0.25) is 0 Å². The minimum absolute atomic E-state index is 0.0388. The van der Waals surface area contributed by atoms with Crippen molar-refractivity contribution < 1.29 is 13.6 Å². The SMILES string of the molecule is CNC(=O)c1ncc(N2CCN(Cc3cc(C#Cc4ccccc4)c4nc(C)c(=O)[nH]c4c3F)CC2)cc1F. The lowest BCUT2D eigenvalue weighted by atomic mass is 10.1. The maximum Gasteiger partial charge on any atom is 0.272 e. The smallest absolute Gasteiger partial charge is 0.272 e.